The lowest BCUT2D eigenvalue weighted by molar-refractivity contribution is 0.714. The highest BCUT2D eigenvalue weighted by Gasteiger charge is 2.02. The van der Waals surface area contributed by atoms with Crippen LogP contribution in [-0.4, -0.2) is 8.33 Å². The lowest BCUT2D eigenvalue weighted by Gasteiger charge is -1.90. The van der Waals surface area contributed by atoms with E-state index in [1.807, 2.05) is 6.92 Å². The lowest BCUT2D eigenvalue weighted by atomic mass is 10.5. The summed E-state index contributed by atoms with van der Waals surface area (Å²) >= 11 is 6.55. The Balaban J connectivity index is 2.95. The van der Waals surface area contributed by atoms with Crippen molar-refractivity contribution >= 4 is 23.3 Å². The van der Waals surface area contributed by atoms with Crippen LogP contribution in [0.4, 0.5) is 0 Å². The van der Waals surface area contributed by atoms with Crippen LogP contribution in [0, 0.1) is 0 Å². The molecule has 10 heavy (non-hydrogen) atoms. The van der Waals surface area contributed by atoms with Crippen molar-refractivity contribution < 1.29 is 0 Å². The Hall–Kier alpha value is -0.350. The van der Waals surface area contributed by atoms with Gasteiger partial charge in [-0.1, -0.05) is 18.5 Å². The standard InChI is InChI=1S/C5H7ClN2OS/c1-2-3-8-5(9)4(6)7-10-8/h2-3H2,1H3. The van der Waals surface area contributed by atoms with E-state index in [4.69, 9.17) is 11.6 Å². The van der Waals surface area contributed by atoms with Gasteiger partial charge >= 0.3 is 0 Å². The molecule has 0 fully saturated rings. The Morgan fingerprint density at radius 1 is 1.80 bits per heavy atom. The van der Waals surface area contributed by atoms with Crippen molar-refractivity contribution in [3.05, 3.63) is 15.5 Å². The average molecular weight is 179 g/mol. The van der Waals surface area contributed by atoms with Crippen molar-refractivity contribution in [3.63, 3.8) is 0 Å². The summed E-state index contributed by atoms with van der Waals surface area (Å²) in [7, 11) is 0. The first kappa shape index (κ1) is 7.75. The molecule has 0 atom stereocenters. The van der Waals surface area contributed by atoms with Gasteiger partial charge in [0.2, 0.25) is 5.15 Å². The molecule has 0 saturated carbocycles. The van der Waals surface area contributed by atoms with Gasteiger partial charge < -0.3 is 0 Å². The predicted octanol–water partition coefficient (Wildman–Crippen LogP) is 1.37. The molecule has 0 aliphatic carbocycles. The van der Waals surface area contributed by atoms with Crippen LogP contribution < -0.4 is 5.56 Å². The molecule has 0 N–H and O–H groups in total. The molecule has 0 bridgehead atoms. The third-order valence-corrected chi connectivity index (χ3v) is 2.21. The third-order valence-electron chi connectivity index (χ3n) is 1.05. The molecule has 0 saturated heterocycles. The zero-order valence-corrected chi connectivity index (χ0v) is 7.08. The zero-order chi connectivity index (χ0) is 7.56. The van der Waals surface area contributed by atoms with Crippen LogP contribution in [0.5, 0.6) is 0 Å². The molecule has 0 unspecified atom stereocenters. The van der Waals surface area contributed by atoms with Gasteiger partial charge in [0.05, 0.1) is 11.7 Å². The van der Waals surface area contributed by atoms with Gasteiger partial charge in [-0.3, -0.25) is 4.79 Å². The molecule has 3 nitrogen and oxygen atoms in total. The first-order valence-corrected chi connectivity index (χ1v) is 4.09. The van der Waals surface area contributed by atoms with E-state index in [0.717, 1.165) is 18.1 Å². The zero-order valence-electron chi connectivity index (χ0n) is 5.50. The van der Waals surface area contributed by atoms with Crippen LogP contribution in [0.25, 0.3) is 0 Å². The highest BCUT2D eigenvalue weighted by Crippen LogP contribution is 2.00. The van der Waals surface area contributed by atoms with Crippen molar-refractivity contribution in [2.24, 2.45) is 0 Å². The largest absolute Gasteiger partial charge is 0.299 e. The molecule has 5 heteroatoms. The van der Waals surface area contributed by atoms with Gasteiger partial charge in [0.1, 0.15) is 0 Å². The van der Waals surface area contributed by atoms with E-state index in [0.29, 0.717) is 6.54 Å². The summed E-state index contributed by atoms with van der Waals surface area (Å²) in [6, 6.07) is 0. The molecule has 1 aromatic heterocycles. The van der Waals surface area contributed by atoms with Crippen molar-refractivity contribution in [2.75, 3.05) is 0 Å². The Bertz CT molecular complexity index is 267. The monoisotopic (exact) mass is 178 g/mol. The average Bonchev–Trinajstić information content (AvgIpc) is 2.20. The SMILES string of the molecule is CCCn1snc(Cl)c1=O. The quantitative estimate of drug-likeness (QED) is 0.686. The maximum atomic E-state index is 10.9. The fraction of sp³-hybridized carbons (Fsp3) is 0.600. The van der Waals surface area contributed by atoms with Gasteiger partial charge in [-0.05, 0) is 6.42 Å². The fourth-order valence-corrected chi connectivity index (χ4v) is 1.53. The number of nitrogens with zero attached hydrogens (tertiary/aromatic N) is 2. The molecular weight excluding hydrogens is 172 g/mol. The molecule has 1 heterocycles. The predicted molar refractivity (Wildman–Crippen MR) is 41.7 cm³/mol. The van der Waals surface area contributed by atoms with Crippen LogP contribution in [0.1, 0.15) is 13.3 Å². The normalized spacial score (nSPS) is 10.2. The first-order chi connectivity index (χ1) is 4.75. The molecule has 0 radical (unpaired) electrons. The summed E-state index contributed by atoms with van der Waals surface area (Å²) in [5.74, 6) is 0. The van der Waals surface area contributed by atoms with Crippen molar-refractivity contribution in [1.82, 2.24) is 8.33 Å². The fourth-order valence-electron chi connectivity index (χ4n) is 0.610. The smallest absolute Gasteiger partial charge is 0.265 e. The molecule has 0 amide bonds. The van der Waals surface area contributed by atoms with Crippen LogP contribution >= 0.6 is 23.3 Å². The highest BCUT2D eigenvalue weighted by atomic mass is 35.5. The van der Waals surface area contributed by atoms with Crippen LogP contribution in [0.2, 0.25) is 5.15 Å². The second-order valence-corrected chi connectivity index (χ2v) is 3.02. The number of aromatic nitrogens is 2. The number of hydrogen-bond acceptors (Lipinski definition) is 3. The number of hydrogen-bond donors (Lipinski definition) is 0. The van der Waals surface area contributed by atoms with Crippen LogP contribution in [0.3, 0.4) is 0 Å². The molecule has 1 rings (SSSR count). The minimum atomic E-state index is -0.173. The van der Waals surface area contributed by atoms with Gasteiger partial charge in [-0.2, -0.15) is 4.37 Å². The topological polar surface area (TPSA) is 34.9 Å². The molecule has 0 aromatic carbocycles. The first-order valence-electron chi connectivity index (χ1n) is 2.98. The maximum absolute atomic E-state index is 10.9. The second kappa shape index (κ2) is 3.16. The van der Waals surface area contributed by atoms with Gasteiger partial charge in [-0.25, -0.2) is 3.96 Å². The van der Waals surface area contributed by atoms with E-state index in [1.54, 1.807) is 3.96 Å². The minimum absolute atomic E-state index is 0.0819. The maximum Gasteiger partial charge on any atom is 0.299 e. The van der Waals surface area contributed by atoms with Gasteiger partial charge in [0.15, 0.2) is 0 Å². The van der Waals surface area contributed by atoms with Crippen molar-refractivity contribution in [3.8, 4) is 0 Å². The van der Waals surface area contributed by atoms with E-state index in [1.165, 1.54) is 0 Å². The molecule has 0 aliphatic heterocycles. The molecule has 0 spiro atoms. The number of aryl methyl sites for hydroxylation is 1. The van der Waals surface area contributed by atoms with Crippen molar-refractivity contribution in [2.45, 2.75) is 19.9 Å². The summed E-state index contributed by atoms with van der Waals surface area (Å²) in [5.41, 5.74) is -0.173. The summed E-state index contributed by atoms with van der Waals surface area (Å²) in [4.78, 5) is 10.9. The molecule has 56 valence electrons. The Labute approximate surface area is 67.6 Å². The van der Waals surface area contributed by atoms with E-state index in [9.17, 15) is 4.79 Å². The van der Waals surface area contributed by atoms with Gasteiger partial charge in [-0.15, -0.1) is 0 Å². The third kappa shape index (κ3) is 1.38. The summed E-state index contributed by atoms with van der Waals surface area (Å²) in [6.07, 6.45) is 0.929. The Morgan fingerprint density at radius 3 is 2.90 bits per heavy atom. The van der Waals surface area contributed by atoms with Crippen LogP contribution in [0.15, 0.2) is 4.79 Å². The Kier molecular flexibility index (Phi) is 2.45. The van der Waals surface area contributed by atoms with E-state index in [-0.39, 0.29) is 10.7 Å². The highest BCUT2D eigenvalue weighted by molar-refractivity contribution is 7.00. The second-order valence-electron chi connectivity index (χ2n) is 1.87. The van der Waals surface area contributed by atoms with Gasteiger partial charge in [0, 0.05) is 6.54 Å². The number of halogens is 1. The van der Waals surface area contributed by atoms with E-state index < -0.39 is 0 Å². The van der Waals surface area contributed by atoms with Gasteiger partial charge in [0.25, 0.3) is 5.56 Å². The van der Waals surface area contributed by atoms with Crippen LogP contribution in [-0.2, 0) is 6.54 Å². The van der Waals surface area contributed by atoms with E-state index >= 15 is 0 Å². The molecule has 1 aromatic rings. The summed E-state index contributed by atoms with van der Waals surface area (Å²) in [6.45, 7) is 2.71. The summed E-state index contributed by atoms with van der Waals surface area (Å²) in [5, 5.41) is 0.0819. The molecule has 0 aliphatic rings. The van der Waals surface area contributed by atoms with E-state index in [2.05, 4.69) is 4.37 Å². The Morgan fingerprint density at radius 2 is 2.50 bits per heavy atom. The number of rotatable bonds is 2. The lowest BCUT2D eigenvalue weighted by Crippen LogP contribution is -2.12. The van der Waals surface area contributed by atoms with Crippen molar-refractivity contribution in [1.29, 1.82) is 0 Å². The minimum Gasteiger partial charge on any atom is -0.265 e. The molecular formula is C5H7ClN2OS. The summed E-state index contributed by atoms with van der Waals surface area (Å²) < 4.78 is 5.24.